The van der Waals surface area contributed by atoms with E-state index in [-0.39, 0.29) is 23.8 Å². The molecule has 2 unspecified atom stereocenters. The Morgan fingerprint density at radius 1 is 1.18 bits per heavy atom. The van der Waals surface area contributed by atoms with E-state index in [4.69, 9.17) is 0 Å². The maximum absolute atomic E-state index is 12.5. The van der Waals surface area contributed by atoms with Crippen LogP contribution in [0.4, 0.5) is 0 Å². The van der Waals surface area contributed by atoms with Crippen molar-refractivity contribution < 1.29 is 9.59 Å². The Morgan fingerprint density at radius 2 is 1.91 bits per heavy atom. The van der Waals surface area contributed by atoms with Crippen LogP contribution >= 0.6 is 0 Å². The van der Waals surface area contributed by atoms with Crippen molar-refractivity contribution >= 4 is 11.8 Å². The summed E-state index contributed by atoms with van der Waals surface area (Å²) in [6, 6.07) is 0.359. The number of hydrogen-bond donors (Lipinski definition) is 1. The lowest BCUT2D eigenvalue weighted by Gasteiger charge is -2.39. The molecule has 2 aliphatic rings. The lowest BCUT2D eigenvalue weighted by Crippen LogP contribution is -2.43. The van der Waals surface area contributed by atoms with Gasteiger partial charge in [-0.2, -0.15) is 0 Å². The van der Waals surface area contributed by atoms with Crippen molar-refractivity contribution in [2.24, 2.45) is 10.8 Å². The van der Waals surface area contributed by atoms with Gasteiger partial charge in [0.25, 0.3) is 0 Å². The minimum Gasteiger partial charge on any atom is -0.347 e. The van der Waals surface area contributed by atoms with E-state index >= 15 is 0 Å². The van der Waals surface area contributed by atoms with Gasteiger partial charge in [0, 0.05) is 19.0 Å². The number of hydrogen-bond acceptors (Lipinski definition) is 2. The second-order valence-corrected chi connectivity index (χ2v) is 8.47. The third-order valence-corrected chi connectivity index (χ3v) is 5.18. The van der Waals surface area contributed by atoms with Crippen LogP contribution in [0.3, 0.4) is 0 Å². The molecular weight excluding hydrogens is 276 g/mol. The Hall–Kier alpha value is -1.06. The molecule has 2 rings (SSSR count). The molecule has 2 bridgehead atoms. The average Bonchev–Trinajstić information content (AvgIpc) is 2.65. The molecule has 2 fully saturated rings. The highest BCUT2D eigenvalue weighted by molar-refractivity contribution is 5.85. The molecule has 0 aromatic rings. The number of carbonyl (C=O) groups is 2. The number of carbonyl (C=O) groups excluding carboxylic acids is 2. The molecule has 1 aliphatic carbocycles. The maximum Gasteiger partial charge on any atom is 0.242 e. The minimum atomic E-state index is 0.00973. The average molecular weight is 308 g/mol. The first-order valence-corrected chi connectivity index (χ1v) is 8.81. The third-order valence-electron chi connectivity index (χ3n) is 5.18. The zero-order valence-electron chi connectivity index (χ0n) is 14.7. The SMILES string of the molecule is CCCCCC(=O)NCC(=O)N1CC2(C)CC1CC(C)(C)C2. The summed E-state index contributed by atoms with van der Waals surface area (Å²) in [6.07, 6.45) is 7.01. The fourth-order valence-electron chi connectivity index (χ4n) is 4.65. The second kappa shape index (κ2) is 6.59. The molecule has 1 saturated heterocycles. The minimum absolute atomic E-state index is 0.00973. The highest BCUT2D eigenvalue weighted by atomic mass is 16.2. The predicted octanol–water partition coefficient (Wildman–Crippen LogP) is 3.11. The molecule has 2 amide bonds. The number of nitrogens with zero attached hydrogens (tertiary/aromatic N) is 1. The van der Waals surface area contributed by atoms with Crippen LogP contribution in [0.2, 0.25) is 0 Å². The van der Waals surface area contributed by atoms with E-state index in [2.05, 4.69) is 33.0 Å². The number of nitrogens with one attached hydrogen (secondary N) is 1. The van der Waals surface area contributed by atoms with Crippen molar-refractivity contribution in [1.82, 2.24) is 10.2 Å². The topological polar surface area (TPSA) is 49.4 Å². The molecule has 4 nitrogen and oxygen atoms in total. The van der Waals surface area contributed by atoms with Crippen LogP contribution in [0.25, 0.3) is 0 Å². The van der Waals surface area contributed by atoms with Gasteiger partial charge in [0.1, 0.15) is 0 Å². The summed E-state index contributed by atoms with van der Waals surface area (Å²) in [5.74, 6) is 0.103. The van der Waals surface area contributed by atoms with Crippen LogP contribution < -0.4 is 5.32 Å². The normalized spacial score (nSPS) is 29.5. The summed E-state index contributed by atoms with van der Waals surface area (Å²) in [7, 11) is 0. The fraction of sp³-hybridized carbons (Fsp3) is 0.889. The predicted molar refractivity (Wildman–Crippen MR) is 88.4 cm³/mol. The lowest BCUT2D eigenvalue weighted by atomic mass is 9.65. The largest absolute Gasteiger partial charge is 0.347 e. The van der Waals surface area contributed by atoms with E-state index in [9.17, 15) is 9.59 Å². The molecule has 2 atom stereocenters. The van der Waals surface area contributed by atoms with Gasteiger partial charge in [-0.05, 0) is 36.5 Å². The second-order valence-electron chi connectivity index (χ2n) is 8.47. The van der Waals surface area contributed by atoms with E-state index < -0.39 is 0 Å². The van der Waals surface area contributed by atoms with Gasteiger partial charge >= 0.3 is 0 Å². The summed E-state index contributed by atoms with van der Waals surface area (Å²) >= 11 is 0. The third kappa shape index (κ3) is 4.23. The van der Waals surface area contributed by atoms with Gasteiger partial charge in [-0.15, -0.1) is 0 Å². The van der Waals surface area contributed by atoms with Crippen molar-refractivity contribution in [3.05, 3.63) is 0 Å². The highest BCUT2D eigenvalue weighted by Crippen LogP contribution is 2.52. The number of fused-ring (bicyclic) bond motifs is 2. The van der Waals surface area contributed by atoms with E-state index in [1.54, 1.807) is 0 Å². The van der Waals surface area contributed by atoms with Gasteiger partial charge in [-0.1, -0.05) is 40.5 Å². The standard InChI is InChI=1S/C18H32N2O2/c1-5-6-7-8-15(21)19-11-16(22)20-13-18(4)10-14(20)9-17(2,3)12-18/h14H,5-13H2,1-4H3,(H,19,21). The zero-order valence-corrected chi connectivity index (χ0v) is 14.7. The molecule has 0 spiro atoms. The Kier molecular flexibility index (Phi) is 5.18. The van der Waals surface area contributed by atoms with Gasteiger partial charge in [0.15, 0.2) is 0 Å². The van der Waals surface area contributed by atoms with Gasteiger partial charge in [0.2, 0.25) is 11.8 Å². The molecule has 0 aromatic carbocycles. The first-order chi connectivity index (χ1) is 10.2. The number of amides is 2. The Morgan fingerprint density at radius 3 is 2.59 bits per heavy atom. The lowest BCUT2D eigenvalue weighted by molar-refractivity contribution is -0.133. The van der Waals surface area contributed by atoms with Gasteiger partial charge in [-0.25, -0.2) is 0 Å². The van der Waals surface area contributed by atoms with Crippen LogP contribution in [-0.2, 0) is 9.59 Å². The molecule has 4 heteroatoms. The quantitative estimate of drug-likeness (QED) is 0.767. The number of rotatable bonds is 6. The molecule has 1 aliphatic heterocycles. The molecule has 0 radical (unpaired) electrons. The molecule has 1 heterocycles. The van der Waals surface area contributed by atoms with Crippen molar-refractivity contribution in [3.8, 4) is 0 Å². The summed E-state index contributed by atoms with van der Waals surface area (Å²) in [6.45, 7) is 10.1. The zero-order chi connectivity index (χ0) is 16.4. The maximum atomic E-state index is 12.5. The number of unbranched alkanes of at least 4 members (excludes halogenated alkanes) is 2. The van der Waals surface area contributed by atoms with Crippen LogP contribution in [0.15, 0.2) is 0 Å². The first kappa shape index (κ1) is 17.3. The number of likely N-dealkylation sites (tertiary alicyclic amines) is 1. The van der Waals surface area contributed by atoms with Crippen LogP contribution in [0.1, 0.15) is 72.6 Å². The van der Waals surface area contributed by atoms with Gasteiger partial charge in [-0.3, -0.25) is 9.59 Å². The molecule has 1 N–H and O–H groups in total. The van der Waals surface area contributed by atoms with Crippen LogP contribution in [0, 0.1) is 10.8 Å². The summed E-state index contributed by atoms with van der Waals surface area (Å²) in [4.78, 5) is 26.3. The van der Waals surface area contributed by atoms with Crippen LogP contribution in [0.5, 0.6) is 0 Å². The fourth-order valence-corrected chi connectivity index (χ4v) is 4.65. The van der Waals surface area contributed by atoms with Crippen molar-refractivity contribution in [2.45, 2.75) is 78.7 Å². The summed E-state index contributed by atoms with van der Waals surface area (Å²) in [5, 5.41) is 2.80. The van der Waals surface area contributed by atoms with E-state index in [0.717, 1.165) is 38.6 Å². The Balaban J connectivity index is 1.83. The highest BCUT2D eigenvalue weighted by Gasteiger charge is 2.50. The molecule has 22 heavy (non-hydrogen) atoms. The smallest absolute Gasteiger partial charge is 0.242 e. The van der Waals surface area contributed by atoms with Crippen molar-refractivity contribution in [2.75, 3.05) is 13.1 Å². The van der Waals surface area contributed by atoms with Gasteiger partial charge in [0.05, 0.1) is 6.54 Å². The van der Waals surface area contributed by atoms with E-state index in [1.807, 2.05) is 4.90 Å². The Labute approximate surface area is 135 Å². The molecule has 0 aromatic heterocycles. The summed E-state index contributed by atoms with van der Waals surface area (Å²) in [5.41, 5.74) is 0.573. The first-order valence-electron chi connectivity index (χ1n) is 8.81. The van der Waals surface area contributed by atoms with E-state index in [0.29, 0.717) is 17.9 Å². The van der Waals surface area contributed by atoms with Crippen molar-refractivity contribution in [3.63, 3.8) is 0 Å². The molecule has 1 saturated carbocycles. The monoisotopic (exact) mass is 308 g/mol. The van der Waals surface area contributed by atoms with Crippen LogP contribution in [-0.4, -0.2) is 35.8 Å². The van der Waals surface area contributed by atoms with Gasteiger partial charge < -0.3 is 10.2 Å². The molecule has 126 valence electrons. The summed E-state index contributed by atoms with van der Waals surface area (Å²) < 4.78 is 0. The molecular formula is C18H32N2O2. The van der Waals surface area contributed by atoms with Crippen molar-refractivity contribution in [1.29, 1.82) is 0 Å². The van der Waals surface area contributed by atoms with E-state index in [1.165, 1.54) is 6.42 Å². The Bertz CT molecular complexity index is 433.